The average molecular weight is 630 g/mol. The number of halogens is 3. The maximum atomic E-state index is 13.9. The molecule has 1 aliphatic heterocycles. The number of imidazole rings is 1. The number of rotatable bonds is 14. The Morgan fingerprint density at radius 1 is 1.19 bits per heavy atom. The Kier molecular flexibility index (Phi) is 13.8. The molecule has 1 aromatic carbocycles. The molecule has 43 heavy (non-hydrogen) atoms. The molecule has 6 atom stereocenters. The standard InChI is InChI=1S/C26H37N5O4S.C2HF3O2/c1-4-15(2)21(27)24(20(32)11-17-12-28-14-30-17)31-23(26(34)35)19(13-36-3)25(33)22-18-8-6-5-7-16(18)9-10-29-22;3-2(4,5)1(6)7/h5-8,12,14-15,19,21-24,29,31H,4,9-11,13,27H2,1-3H3,(H,28,30)(H,34,35);(H,6,7)/t15-,19-,21-,22?,23-,24?;/m0./s1. The monoisotopic (exact) mass is 629 g/mol. The highest BCUT2D eigenvalue weighted by atomic mass is 32.2. The van der Waals surface area contributed by atoms with Crippen LogP contribution in [0.4, 0.5) is 13.2 Å². The van der Waals surface area contributed by atoms with E-state index in [1.807, 2.05) is 44.4 Å². The van der Waals surface area contributed by atoms with Crippen molar-refractivity contribution in [2.75, 3.05) is 18.6 Å². The molecule has 2 heterocycles. The number of nitrogens with one attached hydrogen (secondary N) is 3. The first-order valence-electron chi connectivity index (χ1n) is 13.6. The number of H-pyrrole nitrogens is 1. The summed E-state index contributed by atoms with van der Waals surface area (Å²) < 4.78 is 31.7. The number of carboxylic acids is 2. The third-order valence-electron chi connectivity index (χ3n) is 7.33. The summed E-state index contributed by atoms with van der Waals surface area (Å²) in [4.78, 5) is 55.6. The van der Waals surface area contributed by atoms with Crippen LogP contribution in [0.3, 0.4) is 0 Å². The summed E-state index contributed by atoms with van der Waals surface area (Å²) in [5.41, 5.74) is 9.09. The van der Waals surface area contributed by atoms with Crippen LogP contribution in [0, 0.1) is 11.8 Å². The average Bonchev–Trinajstić information content (AvgIpc) is 3.48. The van der Waals surface area contributed by atoms with Crippen LogP contribution in [-0.4, -0.2) is 86.5 Å². The number of benzene rings is 1. The minimum Gasteiger partial charge on any atom is -0.480 e. The molecule has 0 saturated heterocycles. The van der Waals surface area contributed by atoms with E-state index >= 15 is 0 Å². The van der Waals surface area contributed by atoms with Crippen LogP contribution in [0.15, 0.2) is 36.8 Å². The number of aliphatic carboxylic acids is 2. The molecule has 15 heteroatoms. The number of Topliss-reactive ketones (excluding diaryl/α,β-unsaturated/α-hetero) is 2. The summed E-state index contributed by atoms with van der Waals surface area (Å²) in [5, 5.41) is 23.7. The predicted molar refractivity (Wildman–Crippen MR) is 155 cm³/mol. The molecule has 0 bridgehead atoms. The number of ketones is 2. The van der Waals surface area contributed by atoms with Gasteiger partial charge in [0.25, 0.3) is 0 Å². The van der Waals surface area contributed by atoms with Gasteiger partial charge < -0.3 is 26.2 Å². The van der Waals surface area contributed by atoms with Crippen molar-refractivity contribution in [2.45, 2.75) is 63.5 Å². The van der Waals surface area contributed by atoms with Crippen molar-refractivity contribution < 1.29 is 42.6 Å². The van der Waals surface area contributed by atoms with Crippen LogP contribution in [-0.2, 0) is 32.0 Å². The number of carboxylic acid groups (broad SMARTS) is 2. The Labute approximate surface area is 251 Å². The number of aromatic amines is 1. The van der Waals surface area contributed by atoms with E-state index in [-0.39, 0.29) is 23.9 Å². The number of nitrogens with zero attached hydrogens (tertiary/aromatic N) is 1. The molecule has 0 fully saturated rings. The SMILES string of the molecule is CC[C@H](C)[C@H](N)C(N[C@H](C(=O)O)[C@H](CSC)C(=O)C1NCCc2ccccc21)C(=O)Cc1cnc[nH]1.O=C(O)C(F)(F)F. The van der Waals surface area contributed by atoms with Crippen LogP contribution in [0.2, 0.25) is 0 Å². The second kappa shape index (κ2) is 16.5. The van der Waals surface area contributed by atoms with E-state index in [2.05, 4.69) is 20.6 Å². The molecular weight excluding hydrogens is 591 g/mol. The van der Waals surface area contributed by atoms with Crippen molar-refractivity contribution in [2.24, 2.45) is 17.6 Å². The highest BCUT2D eigenvalue weighted by Crippen LogP contribution is 2.28. The molecule has 2 aromatic rings. The fourth-order valence-electron chi connectivity index (χ4n) is 4.75. The Morgan fingerprint density at radius 2 is 1.84 bits per heavy atom. The Hall–Kier alpha value is -3.27. The number of thioether (sulfide) groups is 1. The predicted octanol–water partition coefficient (Wildman–Crippen LogP) is 2.37. The second-order valence-electron chi connectivity index (χ2n) is 10.2. The van der Waals surface area contributed by atoms with Crippen LogP contribution >= 0.6 is 11.8 Å². The van der Waals surface area contributed by atoms with E-state index in [0.717, 1.165) is 24.0 Å². The van der Waals surface area contributed by atoms with E-state index in [4.69, 9.17) is 15.6 Å². The Balaban J connectivity index is 0.000000821. The van der Waals surface area contributed by atoms with Gasteiger partial charge in [-0.05, 0) is 29.7 Å². The van der Waals surface area contributed by atoms with Crippen molar-refractivity contribution in [3.8, 4) is 0 Å². The quantitative estimate of drug-likeness (QED) is 0.180. The number of nitrogens with two attached hydrogens (primary N) is 1. The van der Waals surface area contributed by atoms with Crippen molar-refractivity contribution in [1.29, 1.82) is 0 Å². The first-order valence-corrected chi connectivity index (χ1v) is 15.0. The molecule has 0 spiro atoms. The van der Waals surface area contributed by atoms with Gasteiger partial charge in [0.15, 0.2) is 11.6 Å². The smallest absolute Gasteiger partial charge is 0.480 e. The minimum atomic E-state index is -5.08. The zero-order chi connectivity index (χ0) is 32.3. The normalized spacial score (nSPS) is 18.2. The lowest BCUT2D eigenvalue weighted by Crippen LogP contribution is -2.61. The first-order chi connectivity index (χ1) is 20.2. The summed E-state index contributed by atoms with van der Waals surface area (Å²) in [7, 11) is 0. The number of fused-ring (bicyclic) bond motifs is 1. The van der Waals surface area contributed by atoms with Crippen LogP contribution in [0.25, 0.3) is 0 Å². The van der Waals surface area contributed by atoms with Crippen LogP contribution < -0.4 is 16.4 Å². The van der Waals surface area contributed by atoms with Gasteiger partial charge >= 0.3 is 18.1 Å². The lowest BCUT2D eigenvalue weighted by atomic mass is 9.83. The molecule has 0 saturated carbocycles. The molecule has 0 radical (unpaired) electrons. The van der Waals surface area contributed by atoms with Crippen molar-refractivity contribution >= 4 is 35.3 Å². The van der Waals surface area contributed by atoms with E-state index in [0.29, 0.717) is 18.0 Å². The van der Waals surface area contributed by atoms with E-state index in [9.17, 15) is 32.7 Å². The number of aromatic nitrogens is 2. The van der Waals surface area contributed by atoms with Gasteiger partial charge in [0.1, 0.15) is 6.04 Å². The van der Waals surface area contributed by atoms with Gasteiger partial charge in [-0.2, -0.15) is 24.9 Å². The maximum absolute atomic E-state index is 13.9. The fourth-order valence-corrected chi connectivity index (χ4v) is 5.46. The summed E-state index contributed by atoms with van der Waals surface area (Å²) in [6.45, 7) is 4.54. The zero-order valence-electron chi connectivity index (χ0n) is 24.1. The third kappa shape index (κ3) is 10.2. The van der Waals surface area contributed by atoms with E-state index in [1.165, 1.54) is 18.1 Å². The first kappa shape index (κ1) is 35.9. The van der Waals surface area contributed by atoms with Gasteiger partial charge in [0.2, 0.25) is 0 Å². The van der Waals surface area contributed by atoms with Gasteiger partial charge in [-0.1, -0.05) is 44.5 Å². The molecule has 2 unspecified atom stereocenters. The van der Waals surface area contributed by atoms with E-state index < -0.39 is 48.2 Å². The van der Waals surface area contributed by atoms with Gasteiger partial charge in [-0.25, -0.2) is 9.78 Å². The molecule has 1 aromatic heterocycles. The molecule has 7 N–H and O–H groups in total. The molecule has 11 nitrogen and oxygen atoms in total. The third-order valence-corrected chi connectivity index (χ3v) is 8.02. The van der Waals surface area contributed by atoms with E-state index in [1.54, 1.807) is 6.20 Å². The van der Waals surface area contributed by atoms with Crippen LogP contribution in [0.1, 0.15) is 43.1 Å². The largest absolute Gasteiger partial charge is 0.490 e. The summed E-state index contributed by atoms with van der Waals surface area (Å²) >= 11 is 1.41. The molecule has 0 aliphatic carbocycles. The maximum Gasteiger partial charge on any atom is 0.490 e. The molecule has 3 rings (SSSR count). The number of hydrogen-bond acceptors (Lipinski definition) is 9. The van der Waals surface area contributed by atoms with Gasteiger partial charge in [-0.3, -0.25) is 19.7 Å². The van der Waals surface area contributed by atoms with Crippen molar-refractivity contribution in [1.82, 2.24) is 20.6 Å². The lowest BCUT2D eigenvalue weighted by Gasteiger charge is -2.35. The summed E-state index contributed by atoms with van der Waals surface area (Å²) in [6.07, 6.45) is 1.37. The molecule has 238 valence electrons. The summed E-state index contributed by atoms with van der Waals surface area (Å²) in [6, 6.07) is 4.32. The molecule has 0 amide bonds. The minimum absolute atomic E-state index is 0.0346. The van der Waals surface area contributed by atoms with Crippen molar-refractivity contribution in [3.05, 3.63) is 53.6 Å². The zero-order valence-corrected chi connectivity index (χ0v) is 24.9. The number of hydrogen-bond donors (Lipinski definition) is 6. The molecule has 1 aliphatic rings. The fraction of sp³-hybridized carbons (Fsp3) is 0.536. The Bertz CT molecular complexity index is 1230. The molecular formula is C28H38F3N5O6S. The lowest BCUT2D eigenvalue weighted by molar-refractivity contribution is -0.192. The number of alkyl halides is 3. The number of carbonyl (C=O) groups is 4. The van der Waals surface area contributed by atoms with Crippen LogP contribution in [0.5, 0.6) is 0 Å². The van der Waals surface area contributed by atoms with Gasteiger partial charge in [0, 0.05) is 36.7 Å². The number of carbonyl (C=O) groups excluding carboxylic acids is 2. The highest BCUT2D eigenvalue weighted by Gasteiger charge is 2.42. The highest BCUT2D eigenvalue weighted by molar-refractivity contribution is 7.98. The Morgan fingerprint density at radius 3 is 2.37 bits per heavy atom. The van der Waals surface area contributed by atoms with Gasteiger partial charge in [0.05, 0.1) is 24.3 Å². The van der Waals surface area contributed by atoms with Gasteiger partial charge in [-0.15, -0.1) is 0 Å². The summed E-state index contributed by atoms with van der Waals surface area (Å²) in [5.74, 6) is -4.99. The second-order valence-corrected chi connectivity index (χ2v) is 11.2. The topological polar surface area (TPSA) is 187 Å². The van der Waals surface area contributed by atoms with Crippen molar-refractivity contribution in [3.63, 3.8) is 0 Å².